The van der Waals surface area contributed by atoms with Crippen LogP contribution in [0.25, 0.3) is 0 Å². The van der Waals surface area contributed by atoms with Crippen LogP contribution in [0.5, 0.6) is 0 Å². The lowest BCUT2D eigenvalue weighted by molar-refractivity contribution is 0.0636. The van der Waals surface area contributed by atoms with E-state index >= 15 is 0 Å². The molecule has 1 heterocycles. The number of amides is 1. The summed E-state index contributed by atoms with van der Waals surface area (Å²) in [7, 11) is 0. The number of carbonyl (C=O) groups excluding carboxylic acids is 1. The van der Waals surface area contributed by atoms with Gasteiger partial charge in [0.15, 0.2) is 0 Å². The third-order valence-corrected chi connectivity index (χ3v) is 2.55. The molecule has 0 spiro atoms. The number of ether oxygens (including phenoxy) is 1. The van der Waals surface area contributed by atoms with E-state index in [0.717, 1.165) is 0 Å². The van der Waals surface area contributed by atoms with Gasteiger partial charge < -0.3 is 4.74 Å². The van der Waals surface area contributed by atoms with Gasteiger partial charge in [0.05, 0.1) is 5.69 Å². The lowest BCUT2D eigenvalue weighted by Gasteiger charge is -2.20. The normalized spacial score (nSPS) is 10.3. The van der Waals surface area contributed by atoms with Crippen LogP contribution in [0.2, 0.25) is 0 Å². The number of hydrogen-bond acceptors (Lipinski definition) is 3. The van der Waals surface area contributed by atoms with Crippen LogP contribution >= 0.6 is 0 Å². The molecule has 1 amide bonds. The molecule has 1 N–H and O–H groups in total. The van der Waals surface area contributed by atoms with Crippen molar-refractivity contribution in [2.75, 3.05) is 5.32 Å². The van der Waals surface area contributed by atoms with Crippen LogP contribution in [-0.2, 0) is 4.74 Å². The van der Waals surface area contributed by atoms with Crippen LogP contribution in [0.15, 0.2) is 48.7 Å². The number of benzene rings is 1. The first kappa shape index (κ1) is 15.6. The summed E-state index contributed by atoms with van der Waals surface area (Å²) in [6.45, 7) is 5.46. The minimum atomic E-state index is -0.543. The van der Waals surface area contributed by atoms with E-state index < -0.39 is 11.7 Å². The van der Waals surface area contributed by atoms with E-state index in [-0.39, 0.29) is 0 Å². The molecule has 0 saturated carbocycles. The fraction of sp³-hybridized carbons (Fsp3) is 0.222. The summed E-state index contributed by atoms with van der Waals surface area (Å²) in [5, 5.41) is 2.72. The summed E-state index contributed by atoms with van der Waals surface area (Å²) in [5.74, 6) is 5.98. The molecule has 4 heteroatoms. The molecule has 0 fully saturated rings. The SMILES string of the molecule is CC(C)(C)OC(=O)Nc1ccccc1C#Cc1ccccn1. The third-order valence-electron chi connectivity index (χ3n) is 2.55. The average Bonchev–Trinajstić information content (AvgIpc) is 2.45. The highest BCUT2D eigenvalue weighted by atomic mass is 16.6. The summed E-state index contributed by atoms with van der Waals surface area (Å²) >= 11 is 0. The zero-order valence-corrected chi connectivity index (χ0v) is 12.9. The minimum Gasteiger partial charge on any atom is -0.444 e. The molecule has 0 radical (unpaired) electrons. The molecule has 1 aromatic carbocycles. The Labute approximate surface area is 130 Å². The molecule has 2 aromatic rings. The van der Waals surface area contributed by atoms with Crippen molar-refractivity contribution in [3.63, 3.8) is 0 Å². The molecule has 1 aromatic heterocycles. The summed E-state index contributed by atoms with van der Waals surface area (Å²) in [5.41, 5.74) is 1.45. The van der Waals surface area contributed by atoms with Crippen LogP contribution < -0.4 is 5.32 Å². The van der Waals surface area contributed by atoms with Crippen molar-refractivity contribution in [1.82, 2.24) is 4.98 Å². The summed E-state index contributed by atoms with van der Waals surface area (Å²) in [6.07, 6.45) is 1.19. The predicted molar refractivity (Wildman–Crippen MR) is 86.5 cm³/mol. The number of carbonyl (C=O) groups is 1. The molecule has 0 aliphatic rings. The highest BCUT2D eigenvalue weighted by Crippen LogP contribution is 2.16. The number of nitrogens with one attached hydrogen (secondary N) is 1. The van der Waals surface area contributed by atoms with Crippen molar-refractivity contribution in [2.45, 2.75) is 26.4 Å². The van der Waals surface area contributed by atoms with E-state index in [9.17, 15) is 4.79 Å². The Hall–Kier alpha value is -2.80. The van der Waals surface area contributed by atoms with Crippen molar-refractivity contribution >= 4 is 11.8 Å². The lowest BCUT2D eigenvalue weighted by atomic mass is 10.1. The van der Waals surface area contributed by atoms with Crippen molar-refractivity contribution in [2.24, 2.45) is 0 Å². The molecule has 0 atom stereocenters. The Bertz CT molecular complexity index is 707. The number of nitrogens with zero attached hydrogens (tertiary/aromatic N) is 1. The molecule has 0 aliphatic carbocycles. The predicted octanol–water partition coefficient (Wildman–Crippen LogP) is 3.83. The molecule has 0 saturated heterocycles. The van der Waals surface area contributed by atoms with Gasteiger partial charge in [-0.25, -0.2) is 9.78 Å². The highest BCUT2D eigenvalue weighted by molar-refractivity contribution is 5.86. The van der Waals surface area contributed by atoms with Gasteiger partial charge in [-0.1, -0.05) is 24.1 Å². The number of anilines is 1. The van der Waals surface area contributed by atoms with E-state index in [1.165, 1.54) is 0 Å². The maximum atomic E-state index is 11.9. The Morgan fingerprint density at radius 1 is 1.09 bits per heavy atom. The number of aromatic nitrogens is 1. The monoisotopic (exact) mass is 294 g/mol. The molecule has 2 rings (SSSR count). The Morgan fingerprint density at radius 3 is 2.50 bits per heavy atom. The second kappa shape index (κ2) is 6.77. The molecular formula is C18H18N2O2. The van der Waals surface area contributed by atoms with Gasteiger partial charge in [0.1, 0.15) is 11.3 Å². The molecule has 22 heavy (non-hydrogen) atoms. The smallest absolute Gasteiger partial charge is 0.412 e. The van der Waals surface area contributed by atoms with Crippen LogP contribution in [0.4, 0.5) is 10.5 Å². The van der Waals surface area contributed by atoms with Gasteiger partial charge in [0.2, 0.25) is 0 Å². The number of pyridine rings is 1. The van der Waals surface area contributed by atoms with Crippen molar-refractivity contribution in [1.29, 1.82) is 0 Å². The van der Waals surface area contributed by atoms with E-state index in [1.807, 2.05) is 57.2 Å². The van der Waals surface area contributed by atoms with E-state index in [2.05, 4.69) is 22.1 Å². The second-order valence-electron chi connectivity index (χ2n) is 5.64. The fourth-order valence-corrected chi connectivity index (χ4v) is 1.68. The summed E-state index contributed by atoms with van der Waals surface area (Å²) < 4.78 is 5.25. The highest BCUT2D eigenvalue weighted by Gasteiger charge is 2.16. The zero-order valence-electron chi connectivity index (χ0n) is 12.9. The first-order chi connectivity index (χ1) is 10.4. The molecular weight excluding hydrogens is 276 g/mol. The Balaban J connectivity index is 2.18. The number of rotatable bonds is 1. The fourth-order valence-electron chi connectivity index (χ4n) is 1.68. The zero-order chi connectivity index (χ0) is 16.0. The van der Waals surface area contributed by atoms with Crippen LogP contribution in [0.1, 0.15) is 32.0 Å². The van der Waals surface area contributed by atoms with Gasteiger partial charge in [-0.3, -0.25) is 5.32 Å². The van der Waals surface area contributed by atoms with Crippen molar-refractivity contribution < 1.29 is 9.53 Å². The molecule has 4 nitrogen and oxygen atoms in total. The van der Waals surface area contributed by atoms with Gasteiger partial charge in [0, 0.05) is 11.8 Å². The van der Waals surface area contributed by atoms with Crippen LogP contribution in [0.3, 0.4) is 0 Å². The first-order valence-corrected chi connectivity index (χ1v) is 6.96. The van der Waals surface area contributed by atoms with Crippen LogP contribution in [0, 0.1) is 11.8 Å². The van der Waals surface area contributed by atoms with Gasteiger partial charge in [-0.05, 0) is 51.0 Å². The van der Waals surface area contributed by atoms with Gasteiger partial charge in [-0.2, -0.15) is 0 Å². The number of para-hydroxylation sites is 1. The van der Waals surface area contributed by atoms with Crippen molar-refractivity contribution in [3.05, 3.63) is 59.9 Å². The topological polar surface area (TPSA) is 51.2 Å². The van der Waals surface area contributed by atoms with Crippen molar-refractivity contribution in [3.8, 4) is 11.8 Å². The van der Waals surface area contributed by atoms with Crippen LogP contribution in [-0.4, -0.2) is 16.7 Å². The Kier molecular flexibility index (Phi) is 4.80. The van der Waals surface area contributed by atoms with E-state index in [0.29, 0.717) is 16.9 Å². The molecule has 0 unspecified atom stereocenters. The maximum absolute atomic E-state index is 11.9. The molecule has 112 valence electrons. The molecule has 0 aliphatic heterocycles. The largest absolute Gasteiger partial charge is 0.444 e. The third kappa shape index (κ3) is 4.95. The summed E-state index contributed by atoms with van der Waals surface area (Å²) in [4.78, 5) is 16.0. The van der Waals surface area contributed by atoms with Gasteiger partial charge in [-0.15, -0.1) is 0 Å². The summed E-state index contributed by atoms with van der Waals surface area (Å²) in [6, 6.07) is 12.9. The second-order valence-corrected chi connectivity index (χ2v) is 5.64. The quantitative estimate of drug-likeness (QED) is 0.813. The lowest BCUT2D eigenvalue weighted by Crippen LogP contribution is -2.27. The van der Waals surface area contributed by atoms with E-state index in [4.69, 9.17) is 4.74 Å². The maximum Gasteiger partial charge on any atom is 0.412 e. The van der Waals surface area contributed by atoms with Gasteiger partial charge in [0.25, 0.3) is 0 Å². The Morgan fingerprint density at radius 2 is 1.82 bits per heavy atom. The molecule has 0 bridgehead atoms. The number of hydrogen-bond donors (Lipinski definition) is 1. The van der Waals surface area contributed by atoms with E-state index in [1.54, 1.807) is 12.3 Å². The van der Waals surface area contributed by atoms with Gasteiger partial charge >= 0.3 is 6.09 Å². The first-order valence-electron chi connectivity index (χ1n) is 6.96. The standard InChI is InChI=1S/C18H18N2O2/c1-18(2,3)22-17(21)20-16-10-5-4-8-14(16)11-12-15-9-6-7-13-19-15/h4-10,13H,1-3H3,(H,20,21). The average molecular weight is 294 g/mol. The minimum absolute atomic E-state index is 0.500.